The van der Waals surface area contributed by atoms with Gasteiger partial charge in [-0.05, 0) is 55.8 Å². The molecule has 4 saturated heterocycles. The smallest absolute Gasteiger partial charge is 0.223 e. The Morgan fingerprint density at radius 1 is 1.20 bits per heavy atom. The molecule has 4 fully saturated rings. The second-order valence-electron chi connectivity index (χ2n) is 7.52. The van der Waals surface area contributed by atoms with E-state index in [1.54, 1.807) is 18.9 Å². The fourth-order valence-electron chi connectivity index (χ4n) is 5.18. The summed E-state index contributed by atoms with van der Waals surface area (Å²) in [6.45, 7) is 3.28. The first-order valence-corrected chi connectivity index (χ1v) is 10.8. The van der Waals surface area contributed by atoms with Crippen LogP contribution >= 0.6 is 11.8 Å². The van der Waals surface area contributed by atoms with Gasteiger partial charge in [-0.3, -0.25) is 9.69 Å². The monoisotopic (exact) mass is 360 g/mol. The predicted octanol–water partition coefficient (Wildman–Crippen LogP) is 2.84. The van der Waals surface area contributed by atoms with E-state index in [9.17, 15) is 4.79 Å². The SMILES string of the molecule is COc1ccc([C@@H]2CN(C(=O)CCSC)[C@@H]3C4CCN(CC4)[C@@H]32)cc1. The van der Waals surface area contributed by atoms with Crippen molar-refractivity contribution in [3.8, 4) is 5.75 Å². The number of carbonyl (C=O) groups is 1. The van der Waals surface area contributed by atoms with Crippen molar-refractivity contribution in [2.45, 2.75) is 37.3 Å². The van der Waals surface area contributed by atoms with Crippen molar-refractivity contribution in [1.82, 2.24) is 9.80 Å². The highest BCUT2D eigenvalue weighted by Gasteiger charge is 2.54. The van der Waals surface area contributed by atoms with Gasteiger partial charge in [0.1, 0.15) is 5.75 Å². The zero-order chi connectivity index (χ0) is 17.4. The van der Waals surface area contributed by atoms with Crippen molar-refractivity contribution in [3.63, 3.8) is 0 Å². The summed E-state index contributed by atoms with van der Waals surface area (Å²) in [5, 5.41) is 0. The molecular weight excluding hydrogens is 332 g/mol. The van der Waals surface area contributed by atoms with Crippen LogP contribution in [-0.2, 0) is 4.79 Å². The molecule has 25 heavy (non-hydrogen) atoms. The quantitative estimate of drug-likeness (QED) is 0.808. The van der Waals surface area contributed by atoms with E-state index in [1.165, 1.54) is 31.5 Å². The summed E-state index contributed by atoms with van der Waals surface area (Å²) in [5.41, 5.74) is 1.35. The highest BCUT2D eigenvalue weighted by Crippen LogP contribution is 2.46. The molecule has 5 heteroatoms. The van der Waals surface area contributed by atoms with Crippen LogP contribution in [0.4, 0.5) is 0 Å². The number of nitrogens with zero attached hydrogens (tertiary/aromatic N) is 2. The summed E-state index contributed by atoms with van der Waals surface area (Å²) in [4.78, 5) is 17.8. The van der Waals surface area contributed by atoms with Crippen LogP contribution in [0.25, 0.3) is 0 Å². The molecule has 4 aliphatic heterocycles. The third-order valence-electron chi connectivity index (χ3n) is 6.38. The van der Waals surface area contributed by atoms with E-state index in [0.29, 0.717) is 36.2 Å². The van der Waals surface area contributed by atoms with Gasteiger partial charge in [0.2, 0.25) is 5.91 Å². The predicted molar refractivity (Wildman–Crippen MR) is 102 cm³/mol. The van der Waals surface area contributed by atoms with Crippen LogP contribution in [0.15, 0.2) is 24.3 Å². The number of hydrogen-bond donors (Lipinski definition) is 0. The lowest BCUT2D eigenvalue weighted by Crippen LogP contribution is -2.60. The largest absolute Gasteiger partial charge is 0.497 e. The highest BCUT2D eigenvalue weighted by atomic mass is 32.2. The fraction of sp³-hybridized carbons (Fsp3) is 0.650. The third-order valence-corrected chi connectivity index (χ3v) is 6.99. The standard InChI is InChI=1S/C20H28N2O2S/c1-24-16-5-3-14(4-6-16)17-13-22(18(23)9-12-25-2)19-15-7-10-21(11-8-15)20(17)19/h3-6,15,17,19-20H,7-13H2,1-2H3/t17-,19+,20+/m0/s1. The van der Waals surface area contributed by atoms with Gasteiger partial charge in [-0.1, -0.05) is 12.1 Å². The van der Waals surface area contributed by atoms with E-state index in [2.05, 4.69) is 40.3 Å². The molecule has 4 heterocycles. The zero-order valence-corrected chi connectivity index (χ0v) is 16.0. The number of likely N-dealkylation sites (tertiary alicyclic amines) is 1. The van der Waals surface area contributed by atoms with Crippen molar-refractivity contribution in [2.24, 2.45) is 5.92 Å². The molecule has 1 aromatic carbocycles. The van der Waals surface area contributed by atoms with Gasteiger partial charge >= 0.3 is 0 Å². The van der Waals surface area contributed by atoms with Gasteiger partial charge in [-0.25, -0.2) is 0 Å². The average molecular weight is 361 g/mol. The van der Waals surface area contributed by atoms with Crippen LogP contribution in [-0.4, -0.2) is 66.5 Å². The first-order valence-electron chi connectivity index (χ1n) is 9.39. The molecule has 136 valence electrons. The molecule has 3 atom stereocenters. The Morgan fingerprint density at radius 2 is 1.92 bits per heavy atom. The number of rotatable bonds is 5. The van der Waals surface area contributed by atoms with Crippen LogP contribution in [0.5, 0.6) is 5.75 Å². The molecule has 2 bridgehead atoms. The number of amides is 1. The Kier molecular flexibility index (Phi) is 4.96. The minimum Gasteiger partial charge on any atom is -0.497 e. The van der Waals surface area contributed by atoms with Crippen LogP contribution in [0.2, 0.25) is 0 Å². The first-order chi connectivity index (χ1) is 12.2. The molecule has 0 radical (unpaired) electrons. The normalized spacial score (nSPS) is 33.4. The van der Waals surface area contributed by atoms with Crippen molar-refractivity contribution in [1.29, 1.82) is 0 Å². The Hall–Kier alpha value is -1.20. The number of hydrogen-bond acceptors (Lipinski definition) is 4. The second-order valence-corrected chi connectivity index (χ2v) is 8.51. The molecule has 5 rings (SSSR count). The third kappa shape index (κ3) is 3.06. The molecule has 0 N–H and O–H groups in total. The lowest BCUT2D eigenvalue weighted by Gasteiger charge is -2.51. The van der Waals surface area contributed by atoms with Crippen molar-refractivity contribution in [2.75, 3.05) is 38.8 Å². The van der Waals surface area contributed by atoms with E-state index >= 15 is 0 Å². The van der Waals surface area contributed by atoms with E-state index < -0.39 is 0 Å². The molecule has 1 amide bonds. The van der Waals surface area contributed by atoms with Crippen molar-refractivity contribution >= 4 is 17.7 Å². The molecule has 0 saturated carbocycles. The molecular formula is C20H28N2O2S. The minimum absolute atomic E-state index is 0.356. The maximum absolute atomic E-state index is 12.9. The Morgan fingerprint density at radius 3 is 2.56 bits per heavy atom. The average Bonchev–Trinajstić information content (AvgIpc) is 3.10. The number of thioether (sulfide) groups is 1. The Bertz CT molecular complexity index is 613. The van der Waals surface area contributed by atoms with Gasteiger partial charge in [-0.15, -0.1) is 0 Å². The fourth-order valence-corrected chi connectivity index (χ4v) is 5.56. The summed E-state index contributed by atoms with van der Waals surface area (Å²) in [6.07, 6.45) is 5.26. The van der Waals surface area contributed by atoms with E-state index in [4.69, 9.17) is 4.74 Å². The van der Waals surface area contributed by atoms with Gasteiger partial charge in [0.15, 0.2) is 0 Å². The Balaban J connectivity index is 1.62. The van der Waals surface area contributed by atoms with Crippen LogP contribution < -0.4 is 4.74 Å². The van der Waals surface area contributed by atoms with Crippen molar-refractivity contribution < 1.29 is 9.53 Å². The zero-order valence-electron chi connectivity index (χ0n) is 15.2. The second kappa shape index (κ2) is 7.20. The lowest BCUT2D eigenvalue weighted by molar-refractivity contribution is -0.135. The summed E-state index contributed by atoms with van der Waals surface area (Å²) in [7, 11) is 1.71. The van der Waals surface area contributed by atoms with Crippen LogP contribution in [0.1, 0.15) is 30.7 Å². The maximum Gasteiger partial charge on any atom is 0.223 e. The van der Waals surface area contributed by atoms with Gasteiger partial charge in [0, 0.05) is 30.7 Å². The number of fused-ring (bicyclic) bond motifs is 2. The lowest BCUT2D eigenvalue weighted by atomic mass is 9.75. The van der Waals surface area contributed by atoms with Gasteiger partial charge in [-0.2, -0.15) is 11.8 Å². The van der Waals surface area contributed by atoms with Crippen LogP contribution in [0.3, 0.4) is 0 Å². The first kappa shape index (κ1) is 17.2. The van der Waals surface area contributed by atoms with E-state index in [0.717, 1.165) is 18.0 Å². The molecule has 0 unspecified atom stereocenters. The highest BCUT2D eigenvalue weighted by molar-refractivity contribution is 7.98. The number of benzene rings is 1. The summed E-state index contributed by atoms with van der Waals surface area (Å²) >= 11 is 1.76. The molecule has 4 nitrogen and oxygen atoms in total. The Labute approximate surface area is 154 Å². The van der Waals surface area contributed by atoms with Gasteiger partial charge < -0.3 is 9.64 Å². The van der Waals surface area contributed by atoms with Gasteiger partial charge in [0.05, 0.1) is 13.2 Å². The molecule has 0 spiro atoms. The molecule has 0 aliphatic carbocycles. The number of carbonyl (C=O) groups excluding carboxylic acids is 1. The summed E-state index contributed by atoms with van der Waals surface area (Å²) in [5.74, 6) is 3.30. The maximum atomic E-state index is 12.9. The van der Waals surface area contributed by atoms with Crippen LogP contribution in [0, 0.1) is 5.92 Å². The number of ether oxygens (including phenoxy) is 1. The van der Waals surface area contributed by atoms with E-state index in [-0.39, 0.29) is 0 Å². The molecule has 4 aliphatic rings. The minimum atomic E-state index is 0.356. The summed E-state index contributed by atoms with van der Waals surface area (Å²) in [6, 6.07) is 9.42. The number of methoxy groups -OCH3 is 1. The summed E-state index contributed by atoms with van der Waals surface area (Å²) < 4.78 is 5.31. The van der Waals surface area contributed by atoms with Crippen molar-refractivity contribution in [3.05, 3.63) is 29.8 Å². The topological polar surface area (TPSA) is 32.8 Å². The van der Waals surface area contributed by atoms with E-state index in [1.807, 2.05) is 0 Å². The molecule has 0 aromatic heterocycles. The number of piperidine rings is 3. The molecule has 1 aromatic rings. The van der Waals surface area contributed by atoms with Gasteiger partial charge in [0.25, 0.3) is 0 Å².